The molecular weight excluding hydrogens is 385 g/mol. The van der Waals surface area contributed by atoms with Gasteiger partial charge in [-0.2, -0.15) is 5.26 Å². The predicted molar refractivity (Wildman–Crippen MR) is 95.0 cm³/mol. The fourth-order valence-corrected chi connectivity index (χ4v) is 4.54. The molecule has 6 nitrogen and oxygen atoms in total. The van der Waals surface area contributed by atoms with Crippen LogP contribution in [0, 0.1) is 11.3 Å². The zero-order chi connectivity index (χ0) is 18.2. The molecule has 2 fully saturated rings. The van der Waals surface area contributed by atoms with Crippen LogP contribution in [0.2, 0.25) is 10.0 Å². The second-order valence-electron chi connectivity index (χ2n) is 6.18. The van der Waals surface area contributed by atoms with Gasteiger partial charge in [0.25, 0.3) is 0 Å². The summed E-state index contributed by atoms with van der Waals surface area (Å²) in [6, 6.07) is 6.41. The first-order valence-electron chi connectivity index (χ1n) is 7.68. The zero-order valence-corrected chi connectivity index (χ0v) is 15.4. The molecule has 0 aromatic heterocycles. The molecule has 1 aliphatic carbocycles. The highest BCUT2D eigenvalue weighted by atomic mass is 35.5. The van der Waals surface area contributed by atoms with E-state index in [0.29, 0.717) is 29.3 Å². The van der Waals surface area contributed by atoms with Gasteiger partial charge in [0.15, 0.2) is 0 Å². The summed E-state index contributed by atoms with van der Waals surface area (Å²) in [6.07, 6.45) is 0.428. The monoisotopic (exact) mass is 399 g/mol. The Balaban J connectivity index is 1.71. The lowest BCUT2D eigenvalue weighted by Gasteiger charge is -2.21. The first-order valence-corrected chi connectivity index (χ1v) is 9.32. The van der Waals surface area contributed by atoms with Crippen molar-refractivity contribution in [2.45, 2.75) is 41.0 Å². The Bertz CT molecular complexity index is 763. The molecule has 2 atom stereocenters. The number of amides is 2. The molecule has 1 aliphatic heterocycles. The van der Waals surface area contributed by atoms with Crippen LogP contribution in [0.5, 0.6) is 0 Å². The summed E-state index contributed by atoms with van der Waals surface area (Å²) in [7, 11) is 0. The van der Waals surface area contributed by atoms with Gasteiger partial charge in [0, 0.05) is 21.7 Å². The van der Waals surface area contributed by atoms with Crippen LogP contribution >= 0.6 is 35.0 Å². The largest absolute Gasteiger partial charge is 0.465 e. The predicted octanol–water partition coefficient (Wildman–Crippen LogP) is 3.38. The topological polar surface area (TPSA) is 93.4 Å². The Morgan fingerprint density at radius 2 is 2.12 bits per heavy atom. The van der Waals surface area contributed by atoms with E-state index in [1.165, 1.54) is 11.8 Å². The maximum Gasteiger partial charge on any atom is 0.408 e. The van der Waals surface area contributed by atoms with E-state index < -0.39 is 23.6 Å². The highest BCUT2D eigenvalue weighted by molar-refractivity contribution is 8.00. The number of nitriles is 1. The smallest absolute Gasteiger partial charge is 0.408 e. The van der Waals surface area contributed by atoms with Crippen molar-refractivity contribution in [2.75, 3.05) is 6.54 Å². The number of carbonyl (C=O) groups excluding carboxylic acids is 1. The van der Waals surface area contributed by atoms with E-state index in [1.54, 1.807) is 18.2 Å². The Morgan fingerprint density at radius 3 is 2.68 bits per heavy atom. The number of benzene rings is 1. The van der Waals surface area contributed by atoms with Gasteiger partial charge in [0.05, 0.1) is 11.1 Å². The maximum absolute atomic E-state index is 12.5. The van der Waals surface area contributed by atoms with Crippen LogP contribution < -0.4 is 5.32 Å². The molecule has 2 aliphatic rings. The molecule has 132 valence electrons. The van der Waals surface area contributed by atoms with Crippen LogP contribution in [0.1, 0.15) is 19.3 Å². The number of nitrogens with one attached hydrogen (secondary N) is 1. The molecule has 2 N–H and O–H groups in total. The normalized spacial score (nSPS) is 23.8. The quantitative estimate of drug-likeness (QED) is 0.808. The highest BCUT2D eigenvalue weighted by Crippen LogP contribution is 2.39. The van der Waals surface area contributed by atoms with Crippen molar-refractivity contribution in [2.24, 2.45) is 0 Å². The molecule has 1 aromatic carbocycles. The lowest BCUT2D eigenvalue weighted by Crippen LogP contribution is -2.49. The van der Waals surface area contributed by atoms with E-state index in [0.717, 1.165) is 9.80 Å². The number of nitrogens with zero attached hydrogens (tertiary/aromatic N) is 2. The second-order valence-corrected chi connectivity index (χ2v) is 8.37. The minimum Gasteiger partial charge on any atom is -0.465 e. The lowest BCUT2D eigenvalue weighted by atomic mass is 10.2. The molecule has 0 spiro atoms. The number of likely N-dealkylation sites (tertiary alicyclic amines) is 1. The summed E-state index contributed by atoms with van der Waals surface area (Å²) < 4.78 is 0. The van der Waals surface area contributed by atoms with Gasteiger partial charge < -0.3 is 10.4 Å². The minimum absolute atomic E-state index is 0.109. The number of hydrogen-bond donors (Lipinski definition) is 2. The van der Waals surface area contributed by atoms with Crippen molar-refractivity contribution in [3.63, 3.8) is 0 Å². The molecule has 9 heteroatoms. The van der Waals surface area contributed by atoms with Gasteiger partial charge in [-0.15, -0.1) is 11.8 Å². The number of rotatable bonds is 4. The van der Waals surface area contributed by atoms with Gasteiger partial charge in [-0.25, -0.2) is 4.79 Å². The van der Waals surface area contributed by atoms with Crippen molar-refractivity contribution in [3.05, 3.63) is 28.2 Å². The fraction of sp³-hybridized carbons (Fsp3) is 0.438. The molecular formula is C16H15Cl2N3O3S. The molecule has 0 unspecified atom stereocenters. The van der Waals surface area contributed by atoms with Gasteiger partial charge in [-0.1, -0.05) is 23.2 Å². The number of halogens is 2. The van der Waals surface area contributed by atoms with E-state index in [1.807, 2.05) is 0 Å². The number of carboxylic acid groups (broad SMARTS) is 1. The van der Waals surface area contributed by atoms with Crippen LogP contribution in [0.4, 0.5) is 4.79 Å². The fourth-order valence-electron chi connectivity index (χ4n) is 2.80. The maximum atomic E-state index is 12.5. The van der Waals surface area contributed by atoms with Crippen LogP contribution in [0.15, 0.2) is 23.1 Å². The Morgan fingerprint density at radius 1 is 1.40 bits per heavy atom. The van der Waals surface area contributed by atoms with E-state index in [9.17, 15) is 14.7 Å². The van der Waals surface area contributed by atoms with E-state index in [-0.39, 0.29) is 11.8 Å². The number of hydrogen-bond acceptors (Lipinski definition) is 4. The van der Waals surface area contributed by atoms with Crippen LogP contribution in [0.3, 0.4) is 0 Å². The third-order valence-corrected chi connectivity index (χ3v) is 6.27. The molecule has 3 rings (SSSR count). The van der Waals surface area contributed by atoms with Crippen molar-refractivity contribution in [1.29, 1.82) is 5.26 Å². The molecule has 1 saturated carbocycles. The van der Waals surface area contributed by atoms with Crippen LogP contribution in [-0.2, 0) is 4.79 Å². The molecule has 0 bridgehead atoms. The lowest BCUT2D eigenvalue weighted by molar-refractivity contribution is -0.125. The van der Waals surface area contributed by atoms with Gasteiger partial charge in [0.1, 0.15) is 11.6 Å². The van der Waals surface area contributed by atoms with Crippen molar-refractivity contribution in [3.8, 4) is 6.07 Å². The first-order chi connectivity index (χ1) is 11.8. The summed E-state index contributed by atoms with van der Waals surface area (Å²) in [5, 5.41) is 22.1. The molecule has 25 heavy (non-hydrogen) atoms. The highest BCUT2D eigenvalue weighted by Gasteiger charge is 2.48. The van der Waals surface area contributed by atoms with E-state index in [4.69, 9.17) is 28.5 Å². The third kappa shape index (κ3) is 3.97. The molecule has 1 saturated heterocycles. The summed E-state index contributed by atoms with van der Waals surface area (Å²) in [4.78, 5) is 25.9. The van der Waals surface area contributed by atoms with Crippen LogP contribution in [-0.4, -0.2) is 45.4 Å². The van der Waals surface area contributed by atoms with Gasteiger partial charge in [0.2, 0.25) is 5.91 Å². The Kier molecular flexibility index (Phi) is 5.05. The van der Waals surface area contributed by atoms with Gasteiger partial charge in [-0.05, 0) is 37.5 Å². The average Bonchev–Trinajstić information content (AvgIpc) is 3.19. The number of thioether (sulfide) groups is 1. The van der Waals surface area contributed by atoms with E-state index >= 15 is 0 Å². The Hall–Kier alpha value is -1.62. The van der Waals surface area contributed by atoms with Crippen molar-refractivity contribution in [1.82, 2.24) is 10.2 Å². The SMILES string of the molecule is N#CC1(NC(=O)[C@@H]2C[C@@H](Sc3ccc(Cl)cc3Cl)CN2C(=O)O)CC1. The number of carbonyl (C=O) groups is 2. The average molecular weight is 400 g/mol. The summed E-state index contributed by atoms with van der Waals surface area (Å²) in [6.45, 7) is 0.219. The van der Waals surface area contributed by atoms with Crippen LogP contribution in [0.25, 0.3) is 0 Å². The first kappa shape index (κ1) is 18.2. The summed E-state index contributed by atoms with van der Waals surface area (Å²) in [5.41, 5.74) is -0.814. The van der Waals surface area contributed by atoms with Crippen molar-refractivity contribution >= 4 is 47.0 Å². The third-order valence-electron chi connectivity index (χ3n) is 4.33. The summed E-state index contributed by atoms with van der Waals surface area (Å²) in [5.74, 6) is -0.410. The summed E-state index contributed by atoms with van der Waals surface area (Å²) >= 11 is 13.5. The molecule has 0 radical (unpaired) electrons. The standard InChI is InChI=1S/C16H15Cl2N3O3S/c17-9-1-2-13(11(18)5-9)25-10-6-12(21(7-10)15(23)24)14(22)20-16(8-19)3-4-16/h1-2,5,10,12H,3-4,6-7H2,(H,20,22)(H,23,24)/t10-,12+/m1/s1. The van der Waals surface area contributed by atoms with Gasteiger partial charge in [-0.3, -0.25) is 9.69 Å². The van der Waals surface area contributed by atoms with Crippen molar-refractivity contribution < 1.29 is 14.7 Å². The Labute approximate surface area is 159 Å². The molecule has 2 amide bonds. The second kappa shape index (κ2) is 6.94. The minimum atomic E-state index is -1.15. The molecule has 1 aromatic rings. The zero-order valence-electron chi connectivity index (χ0n) is 13.0. The van der Waals surface area contributed by atoms with E-state index in [2.05, 4.69) is 11.4 Å². The molecule has 1 heterocycles. The van der Waals surface area contributed by atoms with Gasteiger partial charge >= 0.3 is 6.09 Å².